The lowest BCUT2D eigenvalue weighted by atomic mass is 9.89. The van der Waals surface area contributed by atoms with E-state index in [0.29, 0.717) is 12.5 Å². The van der Waals surface area contributed by atoms with Gasteiger partial charge in [-0.05, 0) is 37.5 Å². The molecule has 2 atom stereocenters. The number of fused-ring (bicyclic) bond motifs is 1. The third kappa shape index (κ3) is 4.80. The molecule has 29 heavy (non-hydrogen) atoms. The topological polar surface area (TPSA) is 58.8 Å². The second kappa shape index (κ2) is 9.14. The van der Waals surface area contributed by atoms with Crippen LogP contribution >= 0.6 is 0 Å². The average molecular weight is 392 g/mol. The summed E-state index contributed by atoms with van der Waals surface area (Å²) in [5, 5.41) is 7.94. The van der Waals surface area contributed by atoms with Gasteiger partial charge in [0.05, 0.1) is 12.6 Å². The number of nitrogens with zero attached hydrogens (tertiary/aromatic N) is 1. The second-order valence-corrected chi connectivity index (χ2v) is 7.66. The Morgan fingerprint density at radius 1 is 1.10 bits per heavy atom. The molecule has 0 saturated carbocycles. The highest BCUT2D eigenvalue weighted by molar-refractivity contribution is 5.80. The van der Waals surface area contributed by atoms with Gasteiger partial charge in [-0.15, -0.1) is 0 Å². The molecule has 4 rings (SSSR count). The van der Waals surface area contributed by atoms with E-state index in [9.17, 15) is 0 Å². The molecule has 3 aromatic rings. The van der Waals surface area contributed by atoms with Crippen LogP contribution in [0.1, 0.15) is 35.8 Å². The summed E-state index contributed by atoms with van der Waals surface area (Å²) in [4.78, 5) is 4.36. The van der Waals surface area contributed by atoms with Crippen LogP contribution in [0.4, 0.5) is 0 Å². The van der Waals surface area contributed by atoms with Gasteiger partial charge in [-0.1, -0.05) is 48.0 Å². The Kier molecular flexibility index (Phi) is 6.15. The van der Waals surface area contributed by atoms with Crippen LogP contribution < -0.4 is 10.6 Å². The van der Waals surface area contributed by atoms with Gasteiger partial charge >= 0.3 is 0 Å². The SMILES string of the molecule is CN=C(NCc1cc2ccccc2o1)NCC1CCCOC1c1ccc(C)cc1. The molecular weight excluding hydrogens is 362 g/mol. The largest absolute Gasteiger partial charge is 0.459 e. The molecular formula is C24H29N3O2. The molecule has 1 aliphatic rings. The summed E-state index contributed by atoms with van der Waals surface area (Å²) in [6.45, 7) is 4.35. The van der Waals surface area contributed by atoms with Crippen molar-refractivity contribution in [2.45, 2.75) is 32.4 Å². The number of nitrogens with one attached hydrogen (secondary N) is 2. The third-order valence-electron chi connectivity index (χ3n) is 5.51. The van der Waals surface area contributed by atoms with E-state index in [1.165, 1.54) is 11.1 Å². The van der Waals surface area contributed by atoms with Crippen molar-refractivity contribution >= 4 is 16.9 Å². The number of hydrogen-bond acceptors (Lipinski definition) is 3. The molecule has 152 valence electrons. The lowest BCUT2D eigenvalue weighted by Gasteiger charge is -2.32. The third-order valence-corrected chi connectivity index (χ3v) is 5.51. The highest BCUT2D eigenvalue weighted by atomic mass is 16.5. The highest BCUT2D eigenvalue weighted by Crippen LogP contribution is 2.33. The van der Waals surface area contributed by atoms with Crippen molar-refractivity contribution in [1.29, 1.82) is 0 Å². The van der Waals surface area contributed by atoms with Gasteiger partial charge in [0, 0.05) is 31.5 Å². The number of para-hydroxylation sites is 1. The molecule has 2 heterocycles. The number of rotatable bonds is 5. The number of hydrogen-bond donors (Lipinski definition) is 2. The van der Waals surface area contributed by atoms with Gasteiger partial charge in [-0.2, -0.15) is 0 Å². The van der Waals surface area contributed by atoms with Crippen molar-refractivity contribution in [3.8, 4) is 0 Å². The smallest absolute Gasteiger partial charge is 0.191 e. The zero-order valence-corrected chi connectivity index (χ0v) is 17.2. The Morgan fingerprint density at radius 2 is 1.93 bits per heavy atom. The van der Waals surface area contributed by atoms with Gasteiger partial charge in [0.25, 0.3) is 0 Å². The minimum atomic E-state index is 0.130. The molecule has 1 fully saturated rings. The van der Waals surface area contributed by atoms with Gasteiger partial charge in [0.1, 0.15) is 11.3 Å². The summed E-state index contributed by atoms with van der Waals surface area (Å²) in [6.07, 6.45) is 2.37. The fraction of sp³-hybridized carbons (Fsp3) is 0.375. The lowest BCUT2D eigenvalue weighted by molar-refractivity contribution is -0.0265. The van der Waals surface area contributed by atoms with E-state index in [1.54, 1.807) is 7.05 Å². The van der Waals surface area contributed by atoms with E-state index in [-0.39, 0.29) is 6.10 Å². The van der Waals surface area contributed by atoms with E-state index in [4.69, 9.17) is 9.15 Å². The number of aliphatic imine (C=N–C) groups is 1. The summed E-state index contributed by atoms with van der Waals surface area (Å²) in [6, 6.07) is 18.8. The molecule has 5 heteroatoms. The second-order valence-electron chi connectivity index (χ2n) is 7.66. The fourth-order valence-corrected chi connectivity index (χ4v) is 3.92. The van der Waals surface area contributed by atoms with Crippen LogP contribution in [0, 0.1) is 12.8 Å². The Labute approximate surface area is 172 Å². The fourth-order valence-electron chi connectivity index (χ4n) is 3.92. The van der Waals surface area contributed by atoms with Crippen LogP contribution in [0.15, 0.2) is 64.0 Å². The molecule has 0 amide bonds. The zero-order valence-electron chi connectivity index (χ0n) is 17.2. The highest BCUT2D eigenvalue weighted by Gasteiger charge is 2.27. The quantitative estimate of drug-likeness (QED) is 0.494. The number of guanidine groups is 1. The van der Waals surface area contributed by atoms with Crippen molar-refractivity contribution in [2.75, 3.05) is 20.2 Å². The Balaban J connectivity index is 1.34. The van der Waals surface area contributed by atoms with Crippen molar-refractivity contribution in [2.24, 2.45) is 10.9 Å². The molecule has 5 nitrogen and oxygen atoms in total. The molecule has 0 bridgehead atoms. The maximum absolute atomic E-state index is 6.13. The normalized spacial score (nSPS) is 20.0. The van der Waals surface area contributed by atoms with E-state index < -0.39 is 0 Å². The molecule has 0 spiro atoms. The molecule has 1 aromatic heterocycles. The van der Waals surface area contributed by atoms with Crippen molar-refractivity contribution < 1.29 is 9.15 Å². The molecule has 0 radical (unpaired) electrons. The van der Waals surface area contributed by atoms with Crippen LogP contribution in [-0.2, 0) is 11.3 Å². The predicted octanol–water partition coefficient (Wildman–Crippen LogP) is 4.57. The molecule has 2 aromatic carbocycles. The van der Waals surface area contributed by atoms with E-state index in [2.05, 4.69) is 58.9 Å². The van der Waals surface area contributed by atoms with Crippen molar-refractivity contribution in [3.05, 3.63) is 71.5 Å². The number of furan rings is 1. The lowest BCUT2D eigenvalue weighted by Crippen LogP contribution is -2.41. The first-order valence-corrected chi connectivity index (χ1v) is 10.3. The van der Waals surface area contributed by atoms with Gasteiger partial charge in [0.15, 0.2) is 5.96 Å². The van der Waals surface area contributed by atoms with Crippen LogP contribution in [0.3, 0.4) is 0 Å². The molecule has 1 aliphatic heterocycles. The van der Waals surface area contributed by atoms with Gasteiger partial charge in [0.2, 0.25) is 0 Å². The molecule has 1 saturated heterocycles. The Hall–Kier alpha value is -2.79. The predicted molar refractivity (Wildman–Crippen MR) is 117 cm³/mol. The molecule has 2 N–H and O–H groups in total. The van der Waals surface area contributed by atoms with Gasteiger partial charge in [-0.25, -0.2) is 0 Å². The maximum atomic E-state index is 6.13. The summed E-state index contributed by atoms with van der Waals surface area (Å²) in [7, 11) is 1.79. The number of aryl methyl sites for hydroxylation is 1. The number of ether oxygens (including phenoxy) is 1. The monoisotopic (exact) mass is 391 g/mol. The van der Waals surface area contributed by atoms with Crippen LogP contribution in [0.25, 0.3) is 11.0 Å². The summed E-state index contributed by atoms with van der Waals surface area (Å²) in [5.41, 5.74) is 3.44. The number of benzene rings is 2. The minimum Gasteiger partial charge on any atom is -0.459 e. The van der Waals surface area contributed by atoms with E-state index in [1.807, 2.05) is 18.2 Å². The first-order valence-electron chi connectivity index (χ1n) is 10.3. The van der Waals surface area contributed by atoms with Crippen molar-refractivity contribution in [1.82, 2.24) is 10.6 Å². The van der Waals surface area contributed by atoms with Gasteiger partial charge in [-0.3, -0.25) is 4.99 Å². The Morgan fingerprint density at radius 3 is 2.72 bits per heavy atom. The maximum Gasteiger partial charge on any atom is 0.191 e. The van der Waals surface area contributed by atoms with E-state index >= 15 is 0 Å². The van der Waals surface area contributed by atoms with Crippen LogP contribution in [0.2, 0.25) is 0 Å². The van der Waals surface area contributed by atoms with Crippen molar-refractivity contribution in [3.63, 3.8) is 0 Å². The Bertz CT molecular complexity index is 929. The summed E-state index contributed by atoms with van der Waals surface area (Å²) < 4.78 is 12.0. The minimum absolute atomic E-state index is 0.130. The van der Waals surface area contributed by atoms with Gasteiger partial charge < -0.3 is 19.8 Å². The van der Waals surface area contributed by atoms with Crippen LogP contribution in [0.5, 0.6) is 0 Å². The first kappa shape index (κ1) is 19.5. The van der Waals surface area contributed by atoms with E-state index in [0.717, 1.165) is 48.7 Å². The zero-order chi connectivity index (χ0) is 20.1. The standard InChI is InChI=1S/C24H29N3O2/c1-17-9-11-18(12-10-17)23-20(7-5-13-28-23)15-26-24(25-2)27-16-21-14-19-6-3-4-8-22(19)29-21/h3-4,6,8-12,14,20,23H,5,7,13,15-16H2,1-2H3,(H2,25,26,27). The average Bonchev–Trinajstić information content (AvgIpc) is 3.18. The summed E-state index contributed by atoms with van der Waals surface area (Å²) >= 11 is 0. The first-order chi connectivity index (χ1) is 14.2. The van der Waals surface area contributed by atoms with Crippen LogP contribution in [-0.4, -0.2) is 26.2 Å². The molecule has 2 unspecified atom stereocenters. The molecule has 0 aliphatic carbocycles. The summed E-state index contributed by atoms with van der Waals surface area (Å²) in [5.74, 6) is 2.09.